The van der Waals surface area contributed by atoms with Crippen LogP contribution in [0.3, 0.4) is 0 Å². The summed E-state index contributed by atoms with van der Waals surface area (Å²) in [6.45, 7) is 0. The van der Waals surface area contributed by atoms with E-state index in [1.165, 1.54) is 38.5 Å². The molecule has 2 saturated carbocycles. The molecule has 0 saturated heterocycles. The van der Waals surface area contributed by atoms with E-state index in [4.69, 9.17) is 0 Å². The maximum atomic E-state index is 2.96. The summed E-state index contributed by atoms with van der Waals surface area (Å²) in [5.41, 5.74) is 0. The van der Waals surface area contributed by atoms with Crippen molar-refractivity contribution >= 4 is 47.7 Å². The Balaban J connectivity index is 1.75. The predicted octanol–water partition coefficient (Wildman–Crippen LogP) is 6.46. The molecule has 102 valence electrons. The second-order valence-electron chi connectivity index (χ2n) is 6.04. The van der Waals surface area contributed by atoms with Gasteiger partial charge in [0.1, 0.15) is 0 Å². The molecule has 2 rings (SSSR count). The molecular weight excluding hydrogens is 550 g/mol. The molecule has 0 aromatic heterocycles. The van der Waals surface area contributed by atoms with Crippen molar-refractivity contribution in [2.24, 2.45) is 11.8 Å². The van der Waals surface area contributed by atoms with Crippen LogP contribution in [0.2, 0.25) is 8.94 Å². The maximum absolute atomic E-state index is 2.96. The first-order valence-corrected chi connectivity index (χ1v) is 24.2. The average Bonchev–Trinajstić information content (AvgIpc) is 2.30. The molecule has 0 aromatic carbocycles. The van der Waals surface area contributed by atoms with Crippen LogP contribution in [0.15, 0.2) is 0 Å². The van der Waals surface area contributed by atoms with E-state index in [-0.39, 0.29) is 0 Å². The molecule has 0 nitrogen and oxygen atoms in total. The molecule has 2 aliphatic rings. The van der Waals surface area contributed by atoms with Crippen molar-refractivity contribution in [1.29, 1.82) is 0 Å². The summed E-state index contributed by atoms with van der Waals surface area (Å²) in [5.74, 6) is 2.25. The summed E-state index contributed by atoms with van der Waals surface area (Å²) < 4.78 is 3.33. The zero-order valence-corrected chi connectivity index (χ0v) is 17.4. The summed E-state index contributed by atoms with van der Waals surface area (Å²) >= 11 is 5.91. The van der Waals surface area contributed by atoms with Crippen LogP contribution in [0, 0.1) is 11.8 Å². The van der Waals surface area contributed by atoms with Gasteiger partial charge in [-0.2, -0.15) is 0 Å². The van der Waals surface area contributed by atoms with E-state index in [2.05, 4.69) is 37.4 Å². The van der Waals surface area contributed by atoms with Gasteiger partial charge in [-0.3, -0.25) is 0 Å². The van der Waals surface area contributed by atoms with E-state index in [0.29, 0.717) is 0 Å². The Hall–Kier alpha value is 2.25. The van der Waals surface area contributed by atoms with Gasteiger partial charge in [0.2, 0.25) is 0 Å². The van der Waals surface area contributed by atoms with Gasteiger partial charge in [-0.25, -0.2) is 0 Å². The quantitative estimate of drug-likeness (QED) is 0.267. The SMILES string of the molecule is I[Te](I)(CC1CCCCC1)CC1CCCCC1. The third-order valence-electron chi connectivity index (χ3n) is 4.41. The van der Waals surface area contributed by atoms with Gasteiger partial charge in [0.25, 0.3) is 0 Å². The fourth-order valence-electron chi connectivity index (χ4n) is 3.47. The summed E-state index contributed by atoms with van der Waals surface area (Å²) in [6.07, 6.45) is 15.4. The molecule has 0 unspecified atom stereocenters. The number of hydrogen-bond acceptors (Lipinski definition) is 0. The van der Waals surface area contributed by atoms with Crippen LogP contribution < -0.4 is 0 Å². The van der Waals surface area contributed by atoms with Gasteiger partial charge in [-0.1, -0.05) is 0 Å². The van der Waals surface area contributed by atoms with Gasteiger partial charge in [0, 0.05) is 0 Å². The van der Waals surface area contributed by atoms with Gasteiger partial charge in [-0.05, 0) is 0 Å². The molecule has 2 fully saturated rings. The fourth-order valence-corrected chi connectivity index (χ4v) is 23.3. The van der Waals surface area contributed by atoms with Crippen LogP contribution in [0.5, 0.6) is 0 Å². The fraction of sp³-hybridized carbons (Fsp3) is 1.00. The third-order valence-corrected chi connectivity index (χ3v) is 19.5. The Bertz CT molecular complexity index is 196. The summed E-state index contributed by atoms with van der Waals surface area (Å²) in [4.78, 5) is 0. The monoisotopic (exact) mass is 578 g/mol. The molecule has 0 radical (unpaired) electrons. The molecule has 0 amide bonds. The van der Waals surface area contributed by atoms with E-state index >= 15 is 0 Å². The average molecular weight is 576 g/mol. The Labute approximate surface area is 131 Å². The summed E-state index contributed by atoms with van der Waals surface area (Å²) in [6, 6.07) is 0. The first-order valence-electron chi connectivity index (χ1n) is 7.34. The second kappa shape index (κ2) is 7.88. The molecule has 17 heavy (non-hydrogen) atoms. The van der Waals surface area contributed by atoms with Gasteiger partial charge in [-0.15, -0.1) is 0 Å². The van der Waals surface area contributed by atoms with E-state index in [9.17, 15) is 0 Å². The minimum absolute atomic E-state index is 1.13. The van der Waals surface area contributed by atoms with Crippen molar-refractivity contribution < 1.29 is 0 Å². The van der Waals surface area contributed by atoms with Crippen molar-refractivity contribution in [2.45, 2.75) is 73.1 Å². The number of rotatable bonds is 4. The van der Waals surface area contributed by atoms with Gasteiger partial charge < -0.3 is 0 Å². The summed E-state index contributed by atoms with van der Waals surface area (Å²) in [5, 5.41) is 0. The van der Waals surface area contributed by atoms with Crippen LogP contribution in [0.1, 0.15) is 64.2 Å². The number of halogens is 2. The molecular formula is C14H26I2Te. The Morgan fingerprint density at radius 1 is 0.647 bits per heavy atom. The molecule has 0 bridgehead atoms. The minimum atomic E-state index is -1.49. The van der Waals surface area contributed by atoms with Gasteiger partial charge in [0.15, 0.2) is 0 Å². The van der Waals surface area contributed by atoms with Crippen LogP contribution in [0.25, 0.3) is 0 Å². The molecule has 2 aliphatic carbocycles. The van der Waals surface area contributed by atoms with Crippen molar-refractivity contribution in [2.75, 3.05) is 0 Å². The van der Waals surface area contributed by atoms with E-state index < -0.39 is 10.3 Å². The van der Waals surface area contributed by atoms with Crippen LogP contribution >= 0.6 is 37.4 Å². The Kier molecular flexibility index (Phi) is 7.25. The first-order chi connectivity index (χ1) is 8.16. The van der Waals surface area contributed by atoms with Crippen molar-refractivity contribution in [3.05, 3.63) is 0 Å². The van der Waals surface area contributed by atoms with Crippen LogP contribution in [-0.4, -0.2) is 10.3 Å². The van der Waals surface area contributed by atoms with Crippen molar-refractivity contribution in [1.82, 2.24) is 0 Å². The molecule has 0 heterocycles. The molecule has 0 atom stereocenters. The van der Waals surface area contributed by atoms with E-state index in [1.54, 1.807) is 34.6 Å². The van der Waals surface area contributed by atoms with Crippen molar-refractivity contribution in [3.8, 4) is 0 Å². The van der Waals surface area contributed by atoms with E-state index in [1.807, 2.05) is 0 Å². The molecule has 3 heteroatoms. The Morgan fingerprint density at radius 2 is 1.00 bits per heavy atom. The summed E-state index contributed by atoms with van der Waals surface area (Å²) in [7, 11) is -1.49. The zero-order chi connectivity index (χ0) is 12.1. The predicted molar refractivity (Wildman–Crippen MR) is 96.6 cm³/mol. The molecule has 0 spiro atoms. The van der Waals surface area contributed by atoms with Crippen molar-refractivity contribution in [3.63, 3.8) is 0 Å². The standard InChI is InChI=1S/C14H26I2Te/c15-17(16,11-13-7-3-1-4-8-13)12-14-9-5-2-6-10-14/h13-14H,1-12H2. The topological polar surface area (TPSA) is 0 Å². The van der Waals surface area contributed by atoms with Crippen LogP contribution in [-0.2, 0) is 0 Å². The molecule has 0 aromatic rings. The van der Waals surface area contributed by atoms with Crippen LogP contribution in [0.4, 0.5) is 0 Å². The Morgan fingerprint density at radius 3 is 1.35 bits per heavy atom. The molecule has 0 aliphatic heterocycles. The van der Waals surface area contributed by atoms with E-state index in [0.717, 1.165) is 11.8 Å². The second-order valence-corrected chi connectivity index (χ2v) is 45.9. The zero-order valence-electron chi connectivity index (χ0n) is 10.8. The third kappa shape index (κ3) is 6.04. The first kappa shape index (κ1) is 15.6. The normalized spacial score (nSPS) is 26.0. The van der Waals surface area contributed by atoms with Gasteiger partial charge in [0.05, 0.1) is 0 Å². The van der Waals surface area contributed by atoms with Gasteiger partial charge >= 0.3 is 133 Å². The number of hydrogen-bond donors (Lipinski definition) is 0. The molecule has 0 N–H and O–H groups in total.